The summed E-state index contributed by atoms with van der Waals surface area (Å²) in [7, 11) is 0. The Kier molecular flexibility index (Phi) is 1.66. The van der Waals surface area contributed by atoms with Crippen LogP contribution in [-0.4, -0.2) is 18.8 Å². The van der Waals surface area contributed by atoms with E-state index >= 15 is 0 Å². The Morgan fingerprint density at radius 1 is 1.20 bits per heavy atom. The van der Waals surface area contributed by atoms with Gasteiger partial charge < -0.3 is 10.5 Å². The lowest BCUT2D eigenvalue weighted by Crippen LogP contribution is -2.38. The van der Waals surface area contributed by atoms with E-state index in [0.29, 0.717) is 18.1 Å². The normalized spacial score (nSPS) is 47.1. The topological polar surface area (TPSA) is 35.2 Å². The molecule has 0 unspecified atom stereocenters. The van der Waals surface area contributed by atoms with Crippen molar-refractivity contribution in [2.24, 2.45) is 11.7 Å². The molecule has 2 heteroatoms. The van der Waals surface area contributed by atoms with Crippen LogP contribution in [0.2, 0.25) is 0 Å². The van der Waals surface area contributed by atoms with Crippen molar-refractivity contribution in [3.8, 4) is 0 Å². The zero-order chi connectivity index (χ0) is 6.97. The maximum Gasteiger partial charge on any atom is 0.0618 e. The lowest BCUT2D eigenvalue weighted by atomic mass is 9.82. The Bertz CT molecular complexity index is 126. The maximum absolute atomic E-state index is 5.94. The van der Waals surface area contributed by atoms with Gasteiger partial charge in [0.25, 0.3) is 0 Å². The fourth-order valence-electron chi connectivity index (χ4n) is 2.22. The molecule has 10 heavy (non-hydrogen) atoms. The fourth-order valence-corrected chi connectivity index (χ4v) is 2.22. The van der Waals surface area contributed by atoms with Gasteiger partial charge in [-0.15, -0.1) is 0 Å². The Labute approximate surface area is 61.7 Å². The minimum absolute atomic E-state index is 0.432. The average Bonchev–Trinajstić information content (AvgIpc) is 2.36. The van der Waals surface area contributed by atoms with Crippen LogP contribution in [0.15, 0.2) is 0 Å². The molecule has 0 aromatic rings. The summed E-state index contributed by atoms with van der Waals surface area (Å²) in [6.45, 7) is 0.947. The van der Waals surface area contributed by atoms with Gasteiger partial charge in [0.15, 0.2) is 0 Å². The summed E-state index contributed by atoms with van der Waals surface area (Å²) in [5.74, 6) is 0.689. The SMILES string of the molecule is N[C@@H]1CCC[C@@H]2OCC[C@@H]12. The van der Waals surface area contributed by atoms with Crippen molar-refractivity contribution in [1.82, 2.24) is 0 Å². The monoisotopic (exact) mass is 141 g/mol. The first kappa shape index (κ1) is 6.62. The first-order valence-corrected chi connectivity index (χ1v) is 4.25. The number of fused-ring (bicyclic) bond motifs is 1. The van der Waals surface area contributed by atoms with Gasteiger partial charge in [-0.1, -0.05) is 0 Å². The van der Waals surface area contributed by atoms with Gasteiger partial charge in [0.05, 0.1) is 6.10 Å². The summed E-state index contributed by atoms with van der Waals surface area (Å²) < 4.78 is 5.55. The molecule has 0 aromatic heterocycles. The molecular formula is C8H15NO. The molecule has 3 atom stereocenters. The van der Waals surface area contributed by atoms with Crippen molar-refractivity contribution in [3.63, 3.8) is 0 Å². The highest BCUT2D eigenvalue weighted by Gasteiger charge is 2.35. The zero-order valence-electron chi connectivity index (χ0n) is 6.25. The van der Waals surface area contributed by atoms with Crippen LogP contribution in [0.5, 0.6) is 0 Å². The third-order valence-corrected chi connectivity index (χ3v) is 2.84. The van der Waals surface area contributed by atoms with Gasteiger partial charge in [-0.3, -0.25) is 0 Å². The molecule has 1 heterocycles. The summed E-state index contributed by atoms with van der Waals surface area (Å²) in [6, 6.07) is 0.432. The lowest BCUT2D eigenvalue weighted by molar-refractivity contribution is 0.0593. The van der Waals surface area contributed by atoms with Crippen LogP contribution in [0.3, 0.4) is 0 Å². The van der Waals surface area contributed by atoms with Gasteiger partial charge in [0.2, 0.25) is 0 Å². The van der Waals surface area contributed by atoms with Crippen molar-refractivity contribution in [2.75, 3.05) is 6.61 Å². The first-order valence-electron chi connectivity index (χ1n) is 4.25. The third kappa shape index (κ3) is 0.956. The van der Waals surface area contributed by atoms with E-state index in [-0.39, 0.29) is 0 Å². The molecule has 1 saturated heterocycles. The standard InChI is InChI=1S/C8H15NO/c9-7-2-1-3-8-6(7)4-5-10-8/h6-8H,1-5,9H2/t6-,7+,8-/m0/s1. The van der Waals surface area contributed by atoms with Crippen LogP contribution in [0, 0.1) is 5.92 Å². The number of hydrogen-bond donors (Lipinski definition) is 1. The van der Waals surface area contributed by atoms with Gasteiger partial charge in [0, 0.05) is 18.6 Å². The molecule has 0 spiro atoms. The summed E-state index contributed by atoms with van der Waals surface area (Å²) in [4.78, 5) is 0. The first-order chi connectivity index (χ1) is 4.88. The molecule has 0 aromatic carbocycles. The number of rotatable bonds is 0. The van der Waals surface area contributed by atoms with Crippen LogP contribution >= 0.6 is 0 Å². The van der Waals surface area contributed by atoms with E-state index in [9.17, 15) is 0 Å². The molecule has 1 aliphatic carbocycles. The highest BCUT2D eigenvalue weighted by Crippen LogP contribution is 2.33. The van der Waals surface area contributed by atoms with Crippen molar-refractivity contribution in [1.29, 1.82) is 0 Å². The number of hydrogen-bond acceptors (Lipinski definition) is 2. The molecule has 58 valence electrons. The lowest BCUT2D eigenvalue weighted by Gasteiger charge is -2.29. The molecular weight excluding hydrogens is 126 g/mol. The van der Waals surface area contributed by atoms with Crippen LogP contribution in [0.25, 0.3) is 0 Å². The molecule has 2 N–H and O–H groups in total. The van der Waals surface area contributed by atoms with Crippen LogP contribution in [0.1, 0.15) is 25.7 Å². The minimum Gasteiger partial charge on any atom is -0.378 e. The van der Waals surface area contributed by atoms with Gasteiger partial charge in [0.1, 0.15) is 0 Å². The highest BCUT2D eigenvalue weighted by molar-refractivity contribution is 4.88. The van der Waals surface area contributed by atoms with Crippen molar-refractivity contribution in [3.05, 3.63) is 0 Å². The Balaban J connectivity index is 2.03. The second-order valence-electron chi connectivity index (χ2n) is 3.46. The van der Waals surface area contributed by atoms with Crippen LogP contribution in [0.4, 0.5) is 0 Å². The van der Waals surface area contributed by atoms with Crippen LogP contribution < -0.4 is 5.73 Å². The predicted octanol–water partition coefficient (Wildman–Crippen LogP) is 0.903. The van der Waals surface area contributed by atoms with E-state index in [1.807, 2.05) is 0 Å². The zero-order valence-corrected chi connectivity index (χ0v) is 6.25. The number of ether oxygens (including phenoxy) is 1. The molecule has 2 nitrogen and oxygen atoms in total. The third-order valence-electron chi connectivity index (χ3n) is 2.84. The Hall–Kier alpha value is -0.0800. The minimum atomic E-state index is 0.432. The van der Waals surface area contributed by atoms with E-state index in [2.05, 4.69) is 0 Å². The van der Waals surface area contributed by atoms with Gasteiger partial charge >= 0.3 is 0 Å². The van der Waals surface area contributed by atoms with E-state index in [1.165, 1.54) is 25.7 Å². The second kappa shape index (κ2) is 2.51. The van der Waals surface area contributed by atoms with Crippen molar-refractivity contribution >= 4 is 0 Å². The molecule has 2 aliphatic rings. The Morgan fingerprint density at radius 2 is 2.10 bits per heavy atom. The Morgan fingerprint density at radius 3 is 2.90 bits per heavy atom. The van der Waals surface area contributed by atoms with Crippen molar-refractivity contribution < 1.29 is 4.74 Å². The van der Waals surface area contributed by atoms with Crippen LogP contribution in [-0.2, 0) is 4.74 Å². The molecule has 1 saturated carbocycles. The fraction of sp³-hybridized carbons (Fsp3) is 1.00. The highest BCUT2D eigenvalue weighted by atomic mass is 16.5. The van der Waals surface area contributed by atoms with Gasteiger partial charge in [-0.25, -0.2) is 0 Å². The second-order valence-corrected chi connectivity index (χ2v) is 3.46. The smallest absolute Gasteiger partial charge is 0.0618 e. The molecule has 2 fully saturated rings. The van der Waals surface area contributed by atoms with Gasteiger partial charge in [-0.05, 0) is 25.7 Å². The van der Waals surface area contributed by atoms with E-state index in [4.69, 9.17) is 10.5 Å². The maximum atomic E-state index is 5.94. The van der Waals surface area contributed by atoms with E-state index in [0.717, 1.165) is 6.61 Å². The summed E-state index contributed by atoms with van der Waals surface area (Å²) >= 11 is 0. The van der Waals surface area contributed by atoms with Gasteiger partial charge in [-0.2, -0.15) is 0 Å². The largest absolute Gasteiger partial charge is 0.378 e. The molecule has 0 bridgehead atoms. The van der Waals surface area contributed by atoms with Crippen molar-refractivity contribution in [2.45, 2.75) is 37.8 Å². The predicted molar refractivity (Wildman–Crippen MR) is 39.7 cm³/mol. The summed E-state index contributed by atoms with van der Waals surface area (Å²) in [6.07, 6.45) is 5.44. The number of nitrogens with two attached hydrogens (primary N) is 1. The van der Waals surface area contributed by atoms with E-state index < -0.39 is 0 Å². The molecule has 0 radical (unpaired) electrons. The molecule has 1 aliphatic heterocycles. The van der Waals surface area contributed by atoms with E-state index in [1.54, 1.807) is 0 Å². The average molecular weight is 141 g/mol. The molecule has 0 amide bonds. The summed E-state index contributed by atoms with van der Waals surface area (Å²) in [5.41, 5.74) is 5.94. The molecule has 2 rings (SSSR count). The quantitative estimate of drug-likeness (QED) is 0.544. The summed E-state index contributed by atoms with van der Waals surface area (Å²) in [5, 5.41) is 0.